The van der Waals surface area contributed by atoms with Gasteiger partial charge in [0.2, 0.25) is 0 Å². The summed E-state index contributed by atoms with van der Waals surface area (Å²) in [4.78, 5) is 5.62. The summed E-state index contributed by atoms with van der Waals surface area (Å²) < 4.78 is 6.10. The number of aryl methyl sites for hydroxylation is 1. The van der Waals surface area contributed by atoms with Crippen LogP contribution in [-0.4, -0.2) is 30.9 Å². The molecule has 0 aromatic carbocycles. The fourth-order valence-electron chi connectivity index (χ4n) is 2.32. The average molecular weight is 308 g/mol. The van der Waals surface area contributed by atoms with E-state index < -0.39 is 0 Å². The lowest BCUT2D eigenvalue weighted by molar-refractivity contribution is 0.497. The van der Waals surface area contributed by atoms with E-state index in [1.165, 1.54) is 16.4 Å². The molecule has 0 amide bonds. The van der Waals surface area contributed by atoms with Gasteiger partial charge in [0.1, 0.15) is 12.2 Å². The highest BCUT2D eigenvalue weighted by Crippen LogP contribution is 2.28. The molecule has 0 bridgehead atoms. The van der Waals surface area contributed by atoms with Crippen molar-refractivity contribution in [2.75, 3.05) is 6.54 Å². The Labute approximate surface area is 130 Å². The summed E-state index contributed by atoms with van der Waals surface area (Å²) >= 11 is 1.49. The number of hydrogen-bond acceptors (Lipinski definition) is 6. The summed E-state index contributed by atoms with van der Waals surface area (Å²) in [5, 5.41) is 12.2. The molecule has 116 valence electrons. The maximum Gasteiger partial charge on any atom is 0.138 e. The monoisotopic (exact) mass is 308 g/mol. The Balaban J connectivity index is 2.23. The van der Waals surface area contributed by atoms with Crippen LogP contribution in [0.15, 0.2) is 6.33 Å². The van der Waals surface area contributed by atoms with Crippen molar-refractivity contribution in [2.24, 2.45) is 0 Å². The van der Waals surface area contributed by atoms with Crippen LogP contribution < -0.4 is 5.32 Å². The van der Waals surface area contributed by atoms with Gasteiger partial charge in [-0.05, 0) is 37.3 Å². The van der Waals surface area contributed by atoms with Gasteiger partial charge >= 0.3 is 0 Å². The molecule has 1 atom stereocenters. The van der Waals surface area contributed by atoms with Crippen LogP contribution in [0.1, 0.15) is 62.5 Å². The van der Waals surface area contributed by atoms with Crippen LogP contribution >= 0.6 is 11.5 Å². The van der Waals surface area contributed by atoms with E-state index >= 15 is 0 Å². The molecule has 1 unspecified atom stereocenters. The molecule has 6 nitrogen and oxygen atoms in total. The zero-order chi connectivity index (χ0) is 15.2. The zero-order valence-corrected chi connectivity index (χ0v) is 14.0. The van der Waals surface area contributed by atoms with Gasteiger partial charge in [-0.15, -0.1) is 5.10 Å². The van der Waals surface area contributed by atoms with E-state index in [2.05, 4.69) is 52.7 Å². The van der Waals surface area contributed by atoms with E-state index in [0.29, 0.717) is 5.92 Å². The van der Waals surface area contributed by atoms with Crippen LogP contribution in [0.25, 0.3) is 0 Å². The van der Waals surface area contributed by atoms with Crippen molar-refractivity contribution in [1.29, 1.82) is 0 Å². The van der Waals surface area contributed by atoms with Gasteiger partial charge in [0.15, 0.2) is 0 Å². The minimum absolute atomic E-state index is 0.205. The summed E-state index contributed by atoms with van der Waals surface area (Å²) in [7, 11) is 0. The first-order chi connectivity index (χ1) is 10.2. The van der Waals surface area contributed by atoms with Crippen molar-refractivity contribution in [3.05, 3.63) is 22.7 Å². The molecule has 0 fully saturated rings. The Morgan fingerprint density at radius 2 is 2.14 bits per heavy atom. The summed E-state index contributed by atoms with van der Waals surface area (Å²) in [6, 6.07) is 0.205. The third-order valence-electron chi connectivity index (χ3n) is 3.43. The lowest BCUT2D eigenvalue weighted by atomic mass is 10.0. The first-order valence-corrected chi connectivity index (χ1v) is 8.36. The van der Waals surface area contributed by atoms with Gasteiger partial charge < -0.3 is 5.32 Å². The van der Waals surface area contributed by atoms with E-state index in [-0.39, 0.29) is 6.04 Å². The largest absolute Gasteiger partial charge is 0.309 e. The number of nitrogens with zero attached hydrogens (tertiary/aromatic N) is 5. The van der Waals surface area contributed by atoms with E-state index in [0.717, 1.165) is 37.4 Å². The lowest BCUT2D eigenvalue weighted by Gasteiger charge is -2.18. The summed E-state index contributed by atoms with van der Waals surface area (Å²) in [6.07, 6.45) is 3.54. The second-order valence-electron chi connectivity index (χ2n) is 5.38. The molecule has 0 aliphatic rings. The SMILES string of the molecule is CCCNC(Cc1ncnn1CC)c1snnc1C(C)C. The number of rotatable bonds is 8. The minimum atomic E-state index is 0.205. The van der Waals surface area contributed by atoms with Crippen LogP contribution in [0.3, 0.4) is 0 Å². The van der Waals surface area contributed by atoms with E-state index in [9.17, 15) is 0 Å². The second kappa shape index (κ2) is 7.61. The van der Waals surface area contributed by atoms with E-state index in [1.807, 2.05) is 4.68 Å². The first-order valence-electron chi connectivity index (χ1n) is 7.59. The molecule has 2 aromatic heterocycles. The standard InChI is InChI=1S/C14H24N6S/c1-5-7-15-11(8-12-16-9-17-20(12)6-2)14-13(10(3)4)18-19-21-14/h9-11,15H,5-8H2,1-4H3. The highest BCUT2D eigenvalue weighted by molar-refractivity contribution is 7.05. The molecule has 2 heterocycles. The van der Waals surface area contributed by atoms with Crippen molar-refractivity contribution >= 4 is 11.5 Å². The predicted molar refractivity (Wildman–Crippen MR) is 84.4 cm³/mol. The smallest absolute Gasteiger partial charge is 0.138 e. The Morgan fingerprint density at radius 1 is 1.33 bits per heavy atom. The fourth-order valence-corrected chi connectivity index (χ4v) is 3.20. The van der Waals surface area contributed by atoms with Crippen LogP contribution in [0.2, 0.25) is 0 Å². The lowest BCUT2D eigenvalue weighted by Crippen LogP contribution is -2.26. The normalized spacial score (nSPS) is 13.0. The first kappa shape index (κ1) is 16.0. The average Bonchev–Trinajstić information content (AvgIpc) is 3.11. The molecule has 2 rings (SSSR count). The van der Waals surface area contributed by atoms with Gasteiger partial charge in [-0.1, -0.05) is 25.3 Å². The molecule has 7 heteroatoms. The molecular formula is C14H24N6S. The van der Waals surface area contributed by atoms with Gasteiger partial charge in [0.05, 0.1) is 16.6 Å². The van der Waals surface area contributed by atoms with Crippen LogP contribution in [0, 0.1) is 0 Å². The Bertz CT molecular complexity index is 547. The molecule has 0 saturated carbocycles. The van der Waals surface area contributed by atoms with Crippen molar-refractivity contribution in [2.45, 2.75) is 59.0 Å². The maximum atomic E-state index is 4.39. The Hall–Kier alpha value is -1.34. The molecule has 0 spiro atoms. The summed E-state index contributed by atoms with van der Waals surface area (Å²) in [5.74, 6) is 1.39. The topological polar surface area (TPSA) is 68.5 Å². The van der Waals surface area contributed by atoms with E-state index in [4.69, 9.17) is 0 Å². The van der Waals surface area contributed by atoms with Crippen LogP contribution in [0.5, 0.6) is 0 Å². The Kier molecular flexibility index (Phi) is 5.81. The predicted octanol–water partition coefficient (Wildman–Crippen LogP) is 2.56. The second-order valence-corrected chi connectivity index (χ2v) is 6.17. The fraction of sp³-hybridized carbons (Fsp3) is 0.714. The molecule has 0 aliphatic carbocycles. The molecule has 1 N–H and O–H groups in total. The van der Waals surface area contributed by atoms with Gasteiger partial charge in [-0.2, -0.15) is 5.10 Å². The van der Waals surface area contributed by atoms with Crippen molar-refractivity contribution in [3.8, 4) is 0 Å². The third kappa shape index (κ3) is 3.85. The highest BCUT2D eigenvalue weighted by Gasteiger charge is 2.22. The van der Waals surface area contributed by atoms with Gasteiger partial charge in [-0.3, -0.25) is 4.68 Å². The molecule has 0 saturated heterocycles. The van der Waals surface area contributed by atoms with Crippen LogP contribution in [0.4, 0.5) is 0 Å². The van der Waals surface area contributed by atoms with Gasteiger partial charge in [0, 0.05) is 13.0 Å². The molecule has 0 aliphatic heterocycles. The van der Waals surface area contributed by atoms with Crippen LogP contribution in [-0.2, 0) is 13.0 Å². The molecule has 21 heavy (non-hydrogen) atoms. The quantitative estimate of drug-likeness (QED) is 0.811. The summed E-state index contributed by atoms with van der Waals surface area (Å²) in [5.41, 5.74) is 1.09. The number of nitrogens with one attached hydrogen (secondary N) is 1. The van der Waals surface area contributed by atoms with Gasteiger partial charge in [-0.25, -0.2) is 4.98 Å². The van der Waals surface area contributed by atoms with Crippen molar-refractivity contribution in [1.82, 2.24) is 29.7 Å². The molecule has 0 radical (unpaired) electrons. The maximum absolute atomic E-state index is 4.39. The van der Waals surface area contributed by atoms with Crippen molar-refractivity contribution in [3.63, 3.8) is 0 Å². The number of aromatic nitrogens is 5. The zero-order valence-electron chi connectivity index (χ0n) is 13.2. The molecule has 2 aromatic rings. The van der Waals surface area contributed by atoms with Crippen molar-refractivity contribution < 1.29 is 0 Å². The Morgan fingerprint density at radius 3 is 2.81 bits per heavy atom. The minimum Gasteiger partial charge on any atom is -0.309 e. The molecular weight excluding hydrogens is 284 g/mol. The third-order valence-corrected chi connectivity index (χ3v) is 4.28. The summed E-state index contributed by atoms with van der Waals surface area (Å²) in [6.45, 7) is 10.4. The van der Waals surface area contributed by atoms with E-state index in [1.54, 1.807) is 6.33 Å². The van der Waals surface area contributed by atoms with Gasteiger partial charge in [0.25, 0.3) is 0 Å². The highest BCUT2D eigenvalue weighted by atomic mass is 32.1. The number of hydrogen-bond donors (Lipinski definition) is 1.